The second kappa shape index (κ2) is 9.68. The average Bonchev–Trinajstić information content (AvgIpc) is 3.30. The molecule has 0 aliphatic carbocycles. The number of aliphatic hydroxyl groups excluding tert-OH is 1. The number of rotatable bonds is 7. The summed E-state index contributed by atoms with van der Waals surface area (Å²) in [5.41, 5.74) is 4.76. The Bertz CT molecular complexity index is 1180. The zero-order valence-electron chi connectivity index (χ0n) is 19.0. The largest absolute Gasteiger partial charge is 0.392 e. The highest BCUT2D eigenvalue weighted by Crippen LogP contribution is 2.27. The zero-order valence-corrected chi connectivity index (χ0v) is 19.0. The van der Waals surface area contributed by atoms with Crippen LogP contribution in [0.2, 0.25) is 0 Å². The average molecular weight is 443 g/mol. The van der Waals surface area contributed by atoms with Gasteiger partial charge in [0.15, 0.2) is 11.5 Å². The number of benzene rings is 2. The van der Waals surface area contributed by atoms with Gasteiger partial charge in [-0.25, -0.2) is 15.0 Å². The minimum Gasteiger partial charge on any atom is -0.392 e. The first-order valence-corrected chi connectivity index (χ1v) is 11.6. The van der Waals surface area contributed by atoms with Crippen LogP contribution in [0.15, 0.2) is 60.9 Å². The summed E-state index contributed by atoms with van der Waals surface area (Å²) < 4.78 is 0. The van der Waals surface area contributed by atoms with Crippen LogP contribution < -0.4 is 4.90 Å². The number of anilines is 1. The van der Waals surface area contributed by atoms with Crippen LogP contribution in [-0.4, -0.2) is 56.6 Å². The molecule has 0 bridgehead atoms. The van der Waals surface area contributed by atoms with Gasteiger partial charge in [-0.1, -0.05) is 54.6 Å². The number of hydrogen-bond donors (Lipinski definition) is 2. The molecule has 1 aliphatic rings. The Morgan fingerprint density at radius 1 is 1.00 bits per heavy atom. The lowest BCUT2D eigenvalue weighted by molar-refractivity contribution is 0.179. The van der Waals surface area contributed by atoms with Gasteiger partial charge in [-0.2, -0.15) is 0 Å². The molecule has 7 heteroatoms. The van der Waals surface area contributed by atoms with E-state index >= 15 is 0 Å². The van der Waals surface area contributed by atoms with Crippen LogP contribution in [-0.2, 0) is 13.2 Å². The summed E-state index contributed by atoms with van der Waals surface area (Å²) in [5, 5.41) is 9.28. The quantitative estimate of drug-likeness (QED) is 0.452. The van der Waals surface area contributed by atoms with E-state index in [1.807, 2.05) is 24.3 Å². The molecule has 1 aliphatic heterocycles. The monoisotopic (exact) mass is 442 g/mol. The normalized spacial score (nSPS) is 15.2. The molecule has 2 aromatic heterocycles. The summed E-state index contributed by atoms with van der Waals surface area (Å²) in [5.74, 6) is 2.29. The fourth-order valence-electron chi connectivity index (χ4n) is 4.65. The fourth-order valence-corrected chi connectivity index (χ4v) is 4.65. The molecule has 0 amide bonds. The number of likely N-dealkylation sites (tertiary alicyclic amines) is 1. The minimum absolute atomic E-state index is 0.0337. The Morgan fingerprint density at radius 3 is 2.48 bits per heavy atom. The number of aromatic amines is 1. The first-order valence-electron chi connectivity index (χ1n) is 11.6. The summed E-state index contributed by atoms with van der Waals surface area (Å²) in [4.78, 5) is 21.8. The van der Waals surface area contributed by atoms with E-state index in [-0.39, 0.29) is 6.61 Å². The Morgan fingerprint density at radius 2 is 1.76 bits per heavy atom. The minimum atomic E-state index is 0.0337. The van der Waals surface area contributed by atoms with Crippen molar-refractivity contribution in [3.63, 3.8) is 0 Å². The van der Waals surface area contributed by atoms with Crippen molar-refractivity contribution in [3.8, 4) is 11.4 Å². The van der Waals surface area contributed by atoms with Crippen LogP contribution in [0, 0.1) is 5.92 Å². The smallest absolute Gasteiger partial charge is 0.183 e. The summed E-state index contributed by atoms with van der Waals surface area (Å²) in [6.45, 7) is 4.29. The van der Waals surface area contributed by atoms with Gasteiger partial charge in [0.1, 0.15) is 17.7 Å². The van der Waals surface area contributed by atoms with Crippen molar-refractivity contribution in [1.82, 2.24) is 24.8 Å². The molecule has 2 N–H and O–H groups in total. The van der Waals surface area contributed by atoms with Gasteiger partial charge in [-0.3, -0.25) is 4.90 Å². The Hall–Kier alpha value is -3.29. The number of aliphatic hydroxyl groups is 1. The number of fused-ring (bicyclic) bond motifs is 1. The van der Waals surface area contributed by atoms with Crippen molar-refractivity contribution in [2.75, 3.05) is 31.6 Å². The van der Waals surface area contributed by atoms with E-state index in [0.29, 0.717) is 11.6 Å². The molecule has 1 saturated heterocycles. The molecule has 7 nitrogen and oxygen atoms in total. The van der Waals surface area contributed by atoms with Gasteiger partial charge in [0.2, 0.25) is 0 Å². The summed E-state index contributed by atoms with van der Waals surface area (Å²) in [6.07, 6.45) is 3.98. The molecular weight excluding hydrogens is 412 g/mol. The number of aromatic nitrogens is 4. The molecule has 170 valence electrons. The molecular formula is C26H30N6O. The Labute approximate surface area is 194 Å². The standard InChI is InChI=1S/C26H30N6O/c1-31(15-20-11-13-32(14-12-20)16-19-5-3-2-4-6-19)26-23-25(27-18-28-26)30-24(29-23)22-9-7-21(17-33)8-10-22/h2-10,18,20,33H,11-17H2,1H3,(H,27,28,29,30). The van der Waals surface area contributed by atoms with Crippen LogP contribution in [0.5, 0.6) is 0 Å². The van der Waals surface area contributed by atoms with Crippen molar-refractivity contribution < 1.29 is 5.11 Å². The van der Waals surface area contributed by atoms with Gasteiger partial charge in [-0.05, 0) is 43.0 Å². The van der Waals surface area contributed by atoms with Crippen molar-refractivity contribution in [2.45, 2.75) is 26.0 Å². The summed E-state index contributed by atoms with van der Waals surface area (Å²) in [6, 6.07) is 18.5. The van der Waals surface area contributed by atoms with E-state index in [1.165, 1.54) is 18.4 Å². The predicted octanol–water partition coefficient (Wildman–Crippen LogP) is 3.86. The summed E-state index contributed by atoms with van der Waals surface area (Å²) in [7, 11) is 2.11. The van der Waals surface area contributed by atoms with Gasteiger partial charge >= 0.3 is 0 Å². The Kier molecular flexibility index (Phi) is 6.32. The zero-order chi connectivity index (χ0) is 22.6. The lowest BCUT2D eigenvalue weighted by Gasteiger charge is -2.34. The molecule has 0 unspecified atom stereocenters. The third kappa shape index (κ3) is 4.89. The van der Waals surface area contributed by atoms with Crippen LogP contribution in [0.1, 0.15) is 24.0 Å². The third-order valence-corrected chi connectivity index (χ3v) is 6.53. The molecule has 1 fully saturated rings. The molecule has 5 rings (SSSR count). The number of hydrogen-bond acceptors (Lipinski definition) is 6. The maximum atomic E-state index is 9.28. The second-order valence-corrected chi connectivity index (χ2v) is 8.92. The highest BCUT2D eigenvalue weighted by Gasteiger charge is 2.22. The lowest BCUT2D eigenvalue weighted by Crippen LogP contribution is -2.37. The van der Waals surface area contributed by atoms with Crippen molar-refractivity contribution >= 4 is 17.0 Å². The molecule has 0 spiro atoms. The van der Waals surface area contributed by atoms with E-state index in [4.69, 9.17) is 0 Å². The second-order valence-electron chi connectivity index (χ2n) is 8.92. The molecule has 3 heterocycles. The fraction of sp³-hybridized carbons (Fsp3) is 0.346. The van der Waals surface area contributed by atoms with E-state index in [2.05, 4.69) is 67.1 Å². The van der Waals surface area contributed by atoms with E-state index < -0.39 is 0 Å². The number of piperidine rings is 1. The molecule has 0 saturated carbocycles. The SMILES string of the molecule is CN(CC1CCN(Cc2ccccc2)CC1)c1ncnc2nc(-c3ccc(CO)cc3)[nH]c12. The van der Waals surface area contributed by atoms with Gasteiger partial charge < -0.3 is 15.0 Å². The summed E-state index contributed by atoms with van der Waals surface area (Å²) >= 11 is 0. The molecule has 0 radical (unpaired) electrons. The van der Waals surface area contributed by atoms with E-state index in [9.17, 15) is 5.11 Å². The molecule has 33 heavy (non-hydrogen) atoms. The highest BCUT2D eigenvalue weighted by atomic mass is 16.3. The number of imidazole rings is 1. The van der Waals surface area contributed by atoms with Crippen LogP contribution in [0.4, 0.5) is 5.82 Å². The number of nitrogens with zero attached hydrogens (tertiary/aromatic N) is 5. The van der Waals surface area contributed by atoms with Crippen molar-refractivity contribution in [3.05, 3.63) is 72.1 Å². The predicted molar refractivity (Wildman–Crippen MR) is 131 cm³/mol. The first kappa shape index (κ1) is 21.6. The maximum absolute atomic E-state index is 9.28. The third-order valence-electron chi connectivity index (χ3n) is 6.53. The van der Waals surface area contributed by atoms with Gasteiger partial charge in [-0.15, -0.1) is 0 Å². The number of nitrogens with one attached hydrogen (secondary N) is 1. The highest BCUT2D eigenvalue weighted by molar-refractivity contribution is 5.85. The van der Waals surface area contributed by atoms with Crippen LogP contribution in [0.3, 0.4) is 0 Å². The number of H-pyrrole nitrogens is 1. The van der Waals surface area contributed by atoms with Crippen LogP contribution in [0.25, 0.3) is 22.6 Å². The Balaban J connectivity index is 1.25. The van der Waals surface area contributed by atoms with E-state index in [1.54, 1.807) is 6.33 Å². The molecule has 2 aromatic carbocycles. The van der Waals surface area contributed by atoms with E-state index in [0.717, 1.165) is 54.5 Å². The maximum Gasteiger partial charge on any atom is 0.183 e. The van der Waals surface area contributed by atoms with Gasteiger partial charge in [0.05, 0.1) is 6.61 Å². The first-order chi connectivity index (χ1) is 16.2. The van der Waals surface area contributed by atoms with Gasteiger partial charge in [0.25, 0.3) is 0 Å². The molecule has 0 atom stereocenters. The van der Waals surface area contributed by atoms with Crippen molar-refractivity contribution in [1.29, 1.82) is 0 Å². The topological polar surface area (TPSA) is 81.2 Å². The van der Waals surface area contributed by atoms with Crippen LogP contribution >= 0.6 is 0 Å². The van der Waals surface area contributed by atoms with Crippen molar-refractivity contribution in [2.24, 2.45) is 5.92 Å². The van der Waals surface area contributed by atoms with Gasteiger partial charge in [0, 0.05) is 25.7 Å². The lowest BCUT2D eigenvalue weighted by atomic mass is 9.96. The molecule has 4 aromatic rings.